The van der Waals surface area contributed by atoms with Gasteiger partial charge in [0.1, 0.15) is 0 Å². The molecule has 4 heteroatoms. The molecule has 112 valence electrons. The van der Waals surface area contributed by atoms with Crippen molar-refractivity contribution >= 4 is 17.2 Å². The Hall–Kier alpha value is -0.870. The Morgan fingerprint density at radius 1 is 1.55 bits per heavy atom. The van der Waals surface area contributed by atoms with Gasteiger partial charge in [0.15, 0.2) is 0 Å². The Balaban J connectivity index is 2.11. The number of carbonyl (C=O) groups excluding carboxylic acids is 1. The van der Waals surface area contributed by atoms with Gasteiger partial charge >= 0.3 is 0 Å². The maximum Gasteiger partial charge on any atom is 0.261 e. The maximum absolute atomic E-state index is 12.1. The first-order chi connectivity index (χ1) is 9.31. The van der Waals surface area contributed by atoms with Crippen LogP contribution in [-0.4, -0.2) is 23.7 Å². The van der Waals surface area contributed by atoms with Crippen LogP contribution in [0.5, 0.6) is 0 Å². The summed E-state index contributed by atoms with van der Waals surface area (Å²) in [4.78, 5) is 14.2. The highest BCUT2D eigenvalue weighted by Crippen LogP contribution is 2.40. The van der Waals surface area contributed by atoms with Gasteiger partial charge < -0.3 is 10.4 Å². The Morgan fingerprint density at radius 3 is 2.85 bits per heavy atom. The topological polar surface area (TPSA) is 49.3 Å². The molecule has 3 nitrogen and oxygen atoms in total. The normalized spacial score (nSPS) is 20.4. The highest BCUT2D eigenvalue weighted by Gasteiger charge is 2.30. The summed E-state index contributed by atoms with van der Waals surface area (Å²) in [7, 11) is 0. The third kappa shape index (κ3) is 3.41. The lowest BCUT2D eigenvalue weighted by Gasteiger charge is -2.33. The van der Waals surface area contributed by atoms with Crippen molar-refractivity contribution < 1.29 is 9.90 Å². The number of aryl methyl sites for hydroxylation is 1. The standard InChI is InChI=1S/C16H25NO2S/c1-10(9-18)17-15(19)14-8-11-7-12(16(2,3)4)5-6-13(11)20-14/h8,10,12,18H,5-7,9H2,1-4H3,(H,17,19). The molecule has 0 radical (unpaired) electrons. The highest BCUT2D eigenvalue weighted by molar-refractivity contribution is 7.14. The van der Waals surface area contributed by atoms with Crippen molar-refractivity contribution in [1.29, 1.82) is 0 Å². The van der Waals surface area contributed by atoms with Crippen molar-refractivity contribution in [2.75, 3.05) is 6.61 Å². The molecule has 1 aliphatic rings. The van der Waals surface area contributed by atoms with Gasteiger partial charge in [0.2, 0.25) is 0 Å². The predicted molar refractivity (Wildman–Crippen MR) is 83.3 cm³/mol. The molecule has 0 aliphatic heterocycles. The minimum Gasteiger partial charge on any atom is -0.394 e. The van der Waals surface area contributed by atoms with E-state index in [1.807, 2.05) is 0 Å². The molecule has 2 rings (SSSR count). The molecule has 0 saturated carbocycles. The first kappa shape index (κ1) is 15.5. The van der Waals surface area contributed by atoms with Crippen molar-refractivity contribution in [3.05, 3.63) is 21.4 Å². The van der Waals surface area contributed by atoms with Gasteiger partial charge in [0.05, 0.1) is 11.5 Å². The second kappa shape index (κ2) is 5.86. The fourth-order valence-electron chi connectivity index (χ4n) is 2.72. The Morgan fingerprint density at radius 2 is 2.25 bits per heavy atom. The average molecular weight is 295 g/mol. The molecule has 2 N–H and O–H groups in total. The first-order valence-electron chi connectivity index (χ1n) is 7.34. The number of amides is 1. The number of hydrogen-bond acceptors (Lipinski definition) is 3. The second-order valence-corrected chi connectivity index (χ2v) is 8.06. The molecule has 0 aromatic carbocycles. The van der Waals surface area contributed by atoms with Gasteiger partial charge in [-0.1, -0.05) is 20.8 Å². The van der Waals surface area contributed by atoms with E-state index in [-0.39, 0.29) is 18.6 Å². The van der Waals surface area contributed by atoms with E-state index in [1.54, 1.807) is 18.3 Å². The molecular weight excluding hydrogens is 270 g/mol. The minimum atomic E-state index is -0.191. The van der Waals surface area contributed by atoms with Crippen LogP contribution in [0.25, 0.3) is 0 Å². The van der Waals surface area contributed by atoms with Crippen LogP contribution in [0.2, 0.25) is 0 Å². The van der Waals surface area contributed by atoms with Crippen LogP contribution in [0.15, 0.2) is 6.07 Å². The molecule has 1 aromatic heterocycles. The SMILES string of the molecule is CC(CO)NC(=O)c1cc2c(s1)CCC(C(C)(C)C)C2. The lowest BCUT2D eigenvalue weighted by atomic mass is 9.72. The summed E-state index contributed by atoms with van der Waals surface area (Å²) in [6.07, 6.45) is 3.38. The molecule has 1 amide bonds. The minimum absolute atomic E-state index is 0.0249. The molecule has 2 unspecified atom stereocenters. The molecule has 1 heterocycles. The van der Waals surface area contributed by atoms with Crippen LogP contribution in [0, 0.1) is 11.3 Å². The molecule has 20 heavy (non-hydrogen) atoms. The number of nitrogens with one attached hydrogen (secondary N) is 1. The number of aliphatic hydroxyl groups excluding tert-OH is 1. The van der Waals surface area contributed by atoms with Crippen molar-refractivity contribution in [2.45, 2.75) is 53.0 Å². The van der Waals surface area contributed by atoms with Gasteiger partial charge in [-0.05, 0) is 49.1 Å². The fraction of sp³-hybridized carbons (Fsp3) is 0.688. The third-order valence-corrected chi connectivity index (χ3v) is 5.42. The lowest BCUT2D eigenvalue weighted by Crippen LogP contribution is -2.34. The van der Waals surface area contributed by atoms with Crippen molar-refractivity contribution in [3.63, 3.8) is 0 Å². The van der Waals surface area contributed by atoms with Crippen LogP contribution in [0.1, 0.15) is 54.2 Å². The van der Waals surface area contributed by atoms with E-state index in [1.165, 1.54) is 16.9 Å². The molecule has 0 bridgehead atoms. The molecule has 0 spiro atoms. The summed E-state index contributed by atoms with van der Waals surface area (Å²) >= 11 is 1.61. The van der Waals surface area contributed by atoms with Crippen molar-refractivity contribution in [3.8, 4) is 0 Å². The van der Waals surface area contributed by atoms with Gasteiger partial charge in [0.25, 0.3) is 5.91 Å². The smallest absolute Gasteiger partial charge is 0.261 e. The van der Waals surface area contributed by atoms with E-state index in [2.05, 4.69) is 32.2 Å². The Bertz CT molecular complexity index is 487. The van der Waals surface area contributed by atoms with Crippen LogP contribution in [-0.2, 0) is 12.8 Å². The number of carbonyl (C=O) groups is 1. The Kier molecular flexibility index (Phi) is 4.55. The van der Waals surface area contributed by atoms with E-state index < -0.39 is 0 Å². The molecule has 0 fully saturated rings. The van der Waals surface area contributed by atoms with Crippen molar-refractivity contribution in [2.24, 2.45) is 11.3 Å². The Labute approximate surface area is 125 Å². The van der Waals surface area contributed by atoms with Crippen LogP contribution >= 0.6 is 11.3 Å². The fourth-order valence-corrected chi connectivity index (χ4v) is 3.83. The van der Waals surface area contributed by atoms with E-state index in [0.717, 1.165) is 17.7 Å². The molecule has 0 saturated heterocycles. The van der Waals surface area contributed by atoms with Gasteiger partial charge in [0, 0.05) is 10.9 Å². The summed E-state index contributed by atoms with van der Waals surface area (Å²) in [6.45, 7) is 8.67. The molecular formula is C16H25NO2S. The summed E-state index contributed by atoms with van der Waals surface area (Å²) in [5.41, 5.74) is 1.68. The largest absolute Gasteiger partial charge is 0.394 e. The number of aliphatic hydroxyl groups is 1. The van der Waals surface area contributed by atoms with Gasteiger partial charge in [-0.15, -0.1) is 11.3 Å². The zero-order valence-corrected chi connectivity index (χ0v) is 13.6. The summed E-state index contributed by atoms with van der Waals surface area (Å²) in [5, 5.41) is 11.8. The van der Waals surface area contributed by atoms with E-state index in [0.29, 0.717) is 11.3 Å². The van der Waals surface area contributed by atoms with Gasteiger partial charge in [-0.3, -0.25) is 4.79 Å². The number of fused-ring (bicyclic) bond motifs is 1. The lowest BCUT2D eigenvalue weighted by molar-refractivity contribution is 0.0926. The zero-order chi connectivity index (χ0) is 14.9. The molecule has 1 aromatic rings. The number of rotatable bonds is 3. The third-order valence-electron chi connectivity index (χ3n) is 4.18. The van der Waals surface area contributed by atoms with E-state index in [4.69, 9.17) is 5.11 Å². The maximum atomic E-state index is 12.1. The van der Waals surface area contributed by atoms with Gasteiger partial charge in [-0.2, -0.15) is 0 Å². The average Bonchev–Trinajstić information content (AvgIpc) is 2.80. The van der Waals surface area contributed by atoms with Crippen LogP contribution in [0.4, 0.5) is 0 Å². The molecule has 1 aliphatic carbocycles. The first-order valence-corrected chi connectivity index (χ1v) is 8.16. The monoisotopic (exact) mass is 295 g/mol. The van der Waals surface area contributed by atoms with E-state index in [9.17, 15) is 4.79 Å². The second-order valence-electron chi connectivity index (χ2n) is 6.92. The van der Waals surface area contributed by atoms with Crippen LogP contribution in [0.3, 0.4) is 0 Å². The van der Waals surface area contributed by atoms with Crippen LogP contribution < -0.4 is 5.32 Å². The number of thiophene rings is 1. The van der Waals surface area contributed by atoms with Crippen molar-refractivity contribution in [1.82, 2.24) is 5.32 Å². The number of hydrogen-bond donors (Lipinski definition) is 2. The predicted octanol–water partition coefficient (Wildman–Crippen LogP) is 3.01. The van der Waals surface area contributed by atoms with E-state index >= 15 is 0 Å². The highest BCUT2D eigenvalue weighted by atomic mass is 32.1. The summed E-state index contributed by atoms with van der Waals surface area (Å²) < 4.78 is 0. The summed E-state index contributed by atoms with van der Waals surface area (Å²) in [6, 6.07) is 1.86. The zero-order valence-electron chi connectivity index (χ0n) is 12.8. The summed E-state index contributed by atoms with van der Waals surface area (Å²) in [5.74, 6) is 0.634. The molecule has 2 atom stereocenters. The van der Waals surface area contributed by atoms with Gasteiger partial charge in [-0.25, -0.2) is 0 Å². The quantitative estimate of drug-likeness (QED) is 0.900.